The van der Waals surface area contributed by atoms with Crippen LogP contribution >= 0.6 is 19.5 Å². The first-order valence-electron chi connectivity index (χ1n) is 5.96. The second-order valence-electron chi connectivity index (χ2n) is 4.53. The highest BCUT2D eigenvalue weighted by atomic mass is 32.7. The van der Waals surface area contributed by atoms with Gasteiger partial charge in [-0.15, -0.1) is 4.52 Å². The molecule has 0 radical (unpaired) electrons. The molecule has 2 unspecified atom stereocenters. The molecule has 6 atom stereocenters. The number of hydrogen-bond donors (Lipinski definition) is 3. The Bertz CT molecular complexity index is 600. The van der Waals surface area contributed by atoms with Crippen LogP contribution in [0.25, 0.3) is 0 Å². The van der Waals surface area contributed by atoms with Crippen LogP contribution in [0.15, 0.2) is 17.1 Å². The van der Waals surface area contributed by atoms with Crippen molar-refractivity contribution in [2.45, 2.75) is 37.6 Å². The first-order chi connectivity index (χ1) is 9.81. The summed E-state index contributed by atoms with van der Waals surface area (Å²) in [6.07, 6.45) is -5.48. The first kappa shape index (κ1) is 16.3. The number of halogens is 1. The molecule has 2 rings (SSSR count). The molecule has 1 aromatic rings. The number of hydrogen-bond acceptors (Lipinski definition) is 7. The summed E-state index contributed by atoms with van der Waals surface area (Å²) in [5.74, 6) is -0.0111. The van der Waals surface area contributed by atoms with Crippen LogP contribution in [0.5, 0.6) is 0 Å². The molecule has 1 fully saturated rings. The maximum absolute atomic E-state index is 14.4. The van der Waals surface area contributed by atoms with E-state index >= 15 is 0 Å². The normalized spacial score (nSPS) is 31.1. The van der Waals surface area contributed by atoms with Gasteiger partial charge in [-0.05, 0) is 17.6 Å². The number of aliphatic hydroxyl groups is 1. The fourth-order valence-electron chi connectivity index (χ4n) is 2.11. The van der Waals surface area contributed by atoms with Crippen molar-refractivity contribution in [3.05, 3.63) is 22.7 Å². The molecule has 116 valence electrons. The summed E-state index contributed by atoms with van der Waals surface area (Å²) in [5.41, 5.74) is 4.55. The molecule has 0 aromatic carbocycles. The van der Waals surface area contributed by atoms with E-state index in [0.29, 0.717) is 0 Å². The van der Waals surface area contributed by atoms with Crippen molar-refractivity contribution < 1.29 is 23.3 Å². The number of thiol groups is 1. The molecule has 0 amide bonds. The molecular formula is C10H14FN3O5PS+. The summed E-state index contributed by atoms with van der Waals surface area (Å²) in [6, 6.07) is 1.31. The number of ether oxygens (including phenoxy) is 1. The van der Waals surface area contributed by atoms with Crippen molar-refractivity contribution in [1.29, 1.82) is 0 Å². The van der Waals surface area contributed by atoms with Gasteiger partial charge in [0.25, 0.3) is 0 Å². The van der Waals surface area contributed by atoms with Crippen LogP contribution in [0, 0.1) is 0 Å². The van der Waals surface area contributed by atoms with Gasteiger partial charge in [0, 0.05) is 6.20 Å². The van der Waals surface area contributed by atoms with E-state index in [1.165, 1.54) is 19.2 Å². The molecule has 8 nitrogen and oxygen atoms in total. The minimum absolute atomic E-state index is 0.0111. The maximum atomic E-state index is 14.4. The predicted octanol–water partition coefficient (Wildman–Crippen LogP) is 0.414. The Labute approximate surface area is 125 Å². The van der Waals surface area contributed by atoms with Crippen LogP contribution in [0.2, 0.25) is 0 Å². The quantitative estimate of drug-likeness (QED) is 0.538. The highest BCUT2D eigenvalue weighted by Gasteiger charge is 2.52. The zero-order valence-electron chi connectivity index (χ0n) is 10.9. The first-order valence-corrected chi connectivity index (χ1v) is 8.29. The van der Waals surface area contributed by atoms with Gasteiger partial charge in [-0.3, -0.25) is 4.57 Å². The van der Waals surface area contributed by atoms with E-state index in [-0.39, 0.29) is 5.82 Å². The maximum Gasteiger partial charge on any atom is 0.582 e. The minimum atomic E-state index is -2.40. The number of nitrogens with zero attached hydrogens (tertiary/aromatic N) is 2. The summed E-state index contributed by atoms with van der Waals surface area (Å²) < 4.78 is 36.6. The Morgan fingerprint density at radius 3 is 2.90 bits per heavy atom. The van der Waals surface area contributed by atoms with Gasteiger partial charge in [0.1, 0.15) is 24.2 Å². The van der Waals surface area contributed by atoms with Gasteiger partial charge in [0.05, 0.1) is 6.10 Å². The van der Waals surface area contributed by atoms with Gasteiger partial charge in [-0.2, -0.15) is 4.98 Å². The molecule has 2 heterocycles. The van der Waals surface area contributed by atoms with Crippen molar-refractivity contribution in [3.8, 4) is 0 Å². The van der Waals surface area contributed by atoms with Gasteiger partial charge in [0.2, 0.25) is 0 Å². The van der Waals surface area contributed by atoms with E-state index in [2.05, 4.69) is 17.2 Å². The van der Waals surface area contributed by atoms with Gasteiger partial charge >= 0.3 is 12.9 Å². The monoisotopic (exact) mass is 338 g/mol. The van der Waals surface area contributed by atoms with Crippen LogP contribution < -0.4 is 11.4 Å². The summed E-state index contributed by atoms with van der Waals surface area (Å²) >= 11 is 3.56. The van der Waals surface area contributed by atoms with Crippen molar-refractivity contribution in [1.82, 2.24) is 9.55 Å². The van der Waals surface area contributed by atoms with E-state index < -0.39 is 43.6 Å². The molecule has 1 aromatic heterocycles. The molecule has 0 saturated carbocycles. The molecule has 0 bridgehead atoms. The Hall–Kier alpha value is -1.06. The molecule has 0 spiro atoms. The highest BCUT2D eigenvalue weighted by molar-refractivity contribution is 8.39. The van der Waals surface area contributed by atoms with E-state index in [1.807, 2.05) is 0 Å². The number of alkyl halides is 1. The Morgan fingerprint density at radius 2 is 2.38 bits per heavy atom. The van der Waals surface area contributed by atoms with Gasteiger partial charge < -0.3 is 15.6 Å². The number of aromatic nitrogens is 2. The van der Waals surface area contributed by atoms with E-state index in [4.69, 9.17) is 15.0 Å². The topological polar surface area (TPSA) is 117 Å². The second-order valence-corrected chi connectivity index (χ2v) is 6.19. The molecule has 1 aliphatic heterocycles. The fourth-order valence-corrected chi connectivity index (χ4v) is 2.88. The highest BCUT2D eigenvalue weighted by Crippen LogP contribution is 2.41. The van der Waals surface area contributed by atoms with E-state index in [0.717, 1.165) is 4.57 Å². The average Bonchev–Trinajstić information content (AvgIpc) is 2.67. The van der Waals surface area contributed by atoms with Crippen molar-refractivity contribution in [3.63, 3.8) is 0 Å². The lowest BCUT2D eigenvalue weighted by Gasteiger charge is -2.17. The molecule has 21 heavy (non-hydrogen) atoms. The Balaban J connectivity index is 2.33. The van der Waals surface area contributed by atoms with Crippen molar-refractivity contribution >= 4 is 25.3 Å². The molecular weight excluding hydrogens is 324 g/mol. The second kappa shape index (κ2) is 6.37. The zero-order valence-corrected chi connectivity index (χ0v) is 12.7. The lowest BCUT2D eigenvalue weighted by molar-refractivity contribution is -0.0747. The van der Waals surface area contributed by atoms with Crippen molar-refractivity contribution in [2.75, 3.05) is 5.73 Å². The minimum Gasteiger partial charge on any atom is -0.391 e. The average molecular weight is 338 g/mol. The molecule has 1 aliphatic rings. The van der Waals surface area contributed by atoms with Crippen molar-refractivity contribution in [2.24, 2.45) is 0 Å². The molecule has 3 N–H and O–H groups in total. The summed E-state index contributed by atoms with van der Waals surface area (Å²) in [7, 11) is -2.40. The summed E-state index contributed by atoms with van der Waals surface area (Å²) in [6.45, 7) is 1.37. The van der Waals surface area contributed by atoms with Crippen LogP contribution in [0.1, 0.15) is 13.2 Å². The van der Waals surface area contributed by atoms with Gasteiger partial charge in [0.15, 0.2) is 18.5 Å². The smallest absolute Gasteiger partial charge is 0.391 e. The zero-order chi connectivity index (χ0) is 15.7. The van der Waals surface area contributed by atoms with Crippen LogP contribution in [0.4, 0.5) is 10.2 Å². The van der Waals surface area contributed by atoms with Gasteiger partial charge in [-0.25, -0.2) is 9.18 Å². The van der Waals surface area contributed by atoms with Crippen LogP contribution in [0.3, 0.4) is 0 Å². The Morgan fingerprint density at radius 1 is 1.71 bits per heavy atom. The SMILES string of the molecule is C[C@H](O)[C@H]1O[C@@H](n2ccc(N)nc2=O)[C@@H](F)C1O[P+](=O)S. The third kappa shape index (κ3) is 3.41. The largest absolute Gasteiger partial charge is 0.582 e. The third-order valence-corrected chi connectivity index (χ3v) is 3.73. The standard InChI is InChI=1S/C10H13FN3O5PS/c1-4(15)7-8(19-20(17)21)6(11)9(18-7)14-3-2-5(12)13-10(14)16/h2-4,6-9,15H,1H3,(H2-,12,13,16,17,21)/p+1/t4-,6-,7+,8?,9+/m0/s1. The molecule has 1 saturated heterocycles. The number of rotatable bonds is 4. The van der Waals surface area contributed by atoms with E-state index in [1.54, 1.807) is 0 Å². The number of nitrogen functional groups attached to an aromatic ring is 1. The number of nitrogens with two attached hydrogens (primary N) is 1. The van der Waals surface area contributed by atoms with Gasteiger partial charge in [-0.1, -0.05) is 0 Å². The van der Waals surface area contributed by atoms with Crippen LogP contribution in [-0.4, -0.2) is 39.1 Å². The Kier molecular flexibility index (Phi) is 4.95. The van der Waals surface area contributed by atoms with E-state index in [9.17, 15) is 18.9 Å². The van der Waals surface area contributed by atoms with Crippen LogP contribution in [-0.2, 0) is 13.8 Å². The number of aliphatic hydroxyl groups excluding tert-OH is 1. The number of anilines is 1. The lowest BCUT2D eigenvalue weighted by Crippen LogP contribution is -2.37. The lowest BCUT2D eigenvalue weighted by atomic mass is 10.1. The molecule has 0 aliphatic carbocycles. The predicted molar refractivity (Wildman–Crippen MR) is 74.9 cm³/mol. The third-order valence-electron chi connectivity index (χ3n) is 3.02. The summed E-state index contributed by atoms with van der Waals surface area (Å²) in [4.78, 5) is 15.2. The molecule has 11 heteroatoms. The summed E-state index contributed by atoms with van der Waals surface area (Å²) in [5, 5.41) is 9.62. The fraction of sp³-hybridized carbons (Fsp3) is 0.600.